The molecule has 1 N–H and O–H groups in total. The number of hydrogen-bond donors (Lipinski definition) is 1. The van der Waals surface area contributed by atoms with Gasteiger partial charge in [-0.25, -0.2) is 9.97 Å². The molecule has 1 unspecified atom stereocenters. The van der Waals surface area contributed by atoms with Gasteiger partial charge in [-0.3, -0.25) is 0 Å². The molecule has 5 heteroatoms. The Labute approximate surface area is 117 Å². The van der Waals surface area contributed by atoms with Gasteiger partial charge in [0, 0.05) is 31.0 Å². The number of thioether (sulfide) groups is 1. The number of aromatic nitrogens is 3. The third-order valence-electron chi connectivity index (χ3n) is 3.58. The van der Waals surface area contributed by atoms with E-state index in [1.54, 1.807) is 0 Å². The summed E-state index contributed by atoms with van der Waals surface area (Å²) in [6.07, 6.45) is 5.91. The predicted octanol–water partition coefficient (Wildman–Crippen LogP) is 2.42. The lowest BCUT2D eigenvalue weighted by Gasteiger charge is -2.24. The molecule has 1 atom stereocenters. The van der Waals surface area contributed by atoms with Gasteiger partial charge >= 0.3 is 0 Å². The summed E-state index contributed by atoms with van der Waals surface area (Å²) in [6, 6.07) is 4.47. The third-order valence-corrected chi connectivity index (χ3v) is 4.78. The molecule has 0 radical (unpaired) electrons. The van der Waals surface area contributed by atoms with Crippen molar-refractivity contribution in [1.29, 1.82) is 0 Å². The van der Waals surface area contributed by atoms with Gasteiger partial charge in [-0.15, -0.1) is 0 Å². The van der Waals surface area contributed by atoms with Crippen LogP contribution in [0.25, 0.3) is 11.2 Å². The average molecular weight is 277 g/mol. The molecule has 2 aromatic heterocycles. The fraction of sp³-hybridized carbons (Fsp3) is 0.571. The minimum Gasteiger partial charge on any atom is -0.396 e. The number of fused-ring (bicyclic) bond motifs is 1. The van der Waals surface area contributed by atoms with E-state index in [1.165, 1.54) is 18.6 Å². The van der Waals surface area contributed by atoms with Crippen LogP contribution in [-0.4, -0.2) is 37.8 Å². The molecule has 1 aliphatic rings. The van der Waals surface area contributed by atoms with Crippen LogP contribution in [0.4, 0.5) is 0 Å². The monoisotopic (exact) mass is 277 g/mol. The quantitative estimate of drug-likeness (QED) is 0.932. The largest absolute Gasteiger partial charge is 0.396 e. The van der Waals surface area contributed by atoms with Crippen molar-refractivity contribution in [3.63, 3.8) is 0 Å². The van der Waals surface area contributed by atoms with Gasteiger partial charge in [-0.05, 0) is 37.1 Å². The van der Waals surface area contributed by atoms with E-state index in [-0.39, 0.29) is 6.61 Å². The Hall–Kier alpha value is -1.07. The Kier molecular flexibility index (Phi) is 4.03. The van der Waals surface area contributed by atoms with Gasteiger partial charge in [0.05, 0.1) is 0 Å². The summed E-state index contributed by atoms with van der Waals surface area (Å²) in [6.45, 7) is 0.218. The molecule has 1 aliphatic heterocycles. The lowest BCUT2D eigenvalue weighted by atomic mass is 10.1. The van der Waals surface area contributed by atoms with Crippen molar-refractivity contribution in [2.45, 2.75) is 31.7 Å². The molecule has 2 aromatic rings. The van der Waals surface area contributed by atoms with E-state index in [9.17, 15) is 0 Å². The van der Waals surface area contributed by atoms with Crippen LogP contribution in [0.1, 0.15) is 31.1 Å². The number of nitrogens with zero attached hydrogens (tertiary/aromatic N) is 3. The summed E-state index contributed by atoms with van der Waals surface area (Å²) < 4.78 is 2.32. The van der Waals surface area contributed by atoms with Crippen LogP contribution in [0, 0.1) is 0 Å². The maximum Gasteiger partial charge on any atom is 0.160 e. The molecule has 4 nitrogen and oxygen atoms in total. The zero-order valence-corrected chi connectivity index (χ0v) is 11.8. The molecule has 3 rings (SSSR count). The Bertz CT molecular complexity index is 549. The van der Waals surface area contributed by atoms with Crippen molar-refractivity contribution >= 4 is 22.9 Å². The first-order chi connectivity index (χ1) is 9.40. The summed E-state index contributed by atoms with van der Waals surface area (Å²) in [4.78, 5) is 9.22. The summed E-state index contributed by atoms with van der Waals surface area (Å²) in [7, 11) is 0. The van der Waals surface area contributed by atoms with Crippen molar-refractivity contribution in [2.75, 3.05) is 18.1 Å². The van der Waals surface area contributed by atoms with Crippen molar-refractivity contribution in [2.24, 2.45) is 0 Å². The first-order valence-electron chi connectivity index (χ1n) is 6.90. The van der Waals surface area contributed by atoms with Crippen molar-refractivity contribution in [1.82, 2.24) is 14.5 Å². The summed E-state index contributed by atoms with van der Waals surface area (Å²) >= 11 is 2.02. The Morgan fingerprint density at radius 3 is 3.21 bits per heavy atom. The third kappa shape index (κ3) is 2.62. The summed E-state index contributed by atoms with van der Waals surface area (Å²) in [5.74, 6) is 3.49. The van der Waals surface area contributed by atoms with Crippen molar-refractivity contribution in [3.8, 4) is 0 Å². The van der Waals surface area contributed by atoms with E-state index >= 15 is 0 Å². The Morgan fingerprint density at radius 2 is 2.42 bits per heavy atom. The first-order valence-corrected chi connectivity index (χ1v) is 8.06. The minimum atomic E-state index is 0.218. The fourth-order valence-electron chi connectivity index (χ4n) is 2.70. The number of hydrogen-bond acceptors (Lipinski definition) is 4. The van der Waals surface area contributed by atoms with Gasteiger partial charge in [-0.2, -0.15) is 11.8 Å². The number of imidazole rings is 1. The second-order valence-electron chi connectivity index (χ2n) is 4.94. The first kappa shape index (κ1) is 12.9. The highest BCUT2D eigenvalue weighted by Gasteiger charge is 2.21. The molecule has 0 aliphatic carbocycles. The lowest BCUT2D eigenvalue weighted by molar-refractivity contribution is 0.286. The second kappa shape index (κ2) is 5.92. The zero-order valence-electron chi connectivity index (χ0n) is 11.0. The van der Waals surface area contributed by atoms with Gasteiger partial charge in [0.15, 0.2) is 5.65 Å². The molecule has 19 heavy (non-hydrogen) atoms. The van der Waals surface area contributed by atoms with Crippen LogP contribution >= 0.6 is 11.8 Å². The second-order valence-corrected chi connectivity index (χ2v) is 6.09. The van der Waals surface area contributed by atoms with Gasteiger partial charge in [0.1, 0.15) is 11.3 Å². The smallest absolute Gasteiger partial charge is 0.160 e. The van der Waals surface area contributed by atoms with Gasteiger partial charge in [0.25, 0.3) is 0 Å². The van der Waals surface area contributed by atoms with Crippen LogP contribution in [0.15, 0.2) is 18.3 Å². The van der Waals surface area contributed by atoms with Crippen LogP contribution in [0.5, 0.6) is 0 Å². The van der Waals surface area contributed by atoms with E-state index in [2.05, 4.69) is 9.55 Å². The van der Waals surface area contributed by atoms with Crippen LogP contribution < -0.4 is 0 Å². The van der Waals surface area contributed by atoms with E-state index in [1.807, 2.05) is 30.1 Å². The molecule has 1 fully saturated rings. The molecule has 0 spiro atoms. The summed E-state index contributed by atoms with van der Waals surface area (Å²) in [5.41, 5.74) is 1.98. The highest BCUT2D eigenvalue weighted by atomic mass is 32.2. The Balaban J connectivity index is 2.01. The van der Waals surface area contributed by atoms with E-state index < -0.39 is 0 Å². The number of aryl methyl sites for hydroxylation is 1. The fourth-order valence-corrected chi connectivity index (χ4v) is 3.83. The number of rotatable bonds is 4. The van der Waals surface area contributed by atoms with E-state index in [4.69, 9.17) is 10.1 Å². The minimum absolute atomic E-state index is 0.218. The maximum atomic E-state index is 9.05. The van der Waals surface area contributed by atoms with Crippen LogP contribution in [0.3, 0.4) is 0 Å². The SMILES string of the molecule is OCCCc1nc2cccnc2n1C1CCCSC1. The Morgan fingerprint density at radius 1 is 1.47 bits per heavy atom. The standard InChI is InChI=1S/C14H19N3OS/c18-8-2-6-13-16-12-5-1-7-15-14(12)17(13)11-4-3-9-19-10-11/h1,5,7,11,18H,2-4,6,8-10H2. The van der Waals surface area contributed by atoms with Crippen molar-refractivity contribution < 1.29 is 5.11 Å². The highest BCUT2D eigenvalue weighted by molar-refractivity contribution is 7.99. The lowest BCUT2D eigenvalue weighted by Crippen LogP contribution is -2.19. The predicted molar refractivity (Wildman–Crippen MR) is 78.5 cm³/mol. The molecule has 0 bridgehead atoms. The molecule has 1 saturated heterocycles. The topological polar surface area (TPSA) is 50.9 Å². The molecule has 0 amide bonds. The normalized spacial score (nSPS) is 19.9. The molecular formula is C14H19N3OS. The average Bonchev–Trinajstić information content (AvgIpc) is 2.84. The molecular weight excluding hydrogens is 258 g/mol. The number of pyridine rings is 1. The van der Waals surface area contributed by atoms with Gasteiger partial charge in [-0.1, -0.05) is 0 Å². The number of aliphatic hydroxyl groups excluding tert-OH is 1. The van der Waals surface area contributed by atoms with Crippen LogP contribution in [-0.2, 0) is 6.42 Å². The van der Waals surface area contributed by atoms with E-state index in [0.717, 1.165) is 35.6 Å². The van der Waals surface area contributed by atoms with Gasteiger partial charge in [0.2, 0.25) is 0 Å². The summed E-state index contributed by atoms with van der Waals surface area (Å²) in [5, 5.41) is 9.05. The highest BCUT2D eigenvalue weighted by Crippen LogP contribution is 2.30. The van der Waals surface area contributed by atoms with Crippen molar-refractivity contribution in [3.05, 3.63) is 24.2 Å². The molecule has 102 valence electrons. The molecule has 0 aromatic carbocycles. The molecule has 3 heterocycles. The zero-order chi connectivity index (χ0) is 13.1. The van der Waals surface area contributed by atoms with Crippen LogP contribution in [0.2, 0.25) is 0 Å². The molecule has 0 saturated carbocycles. The van der Waals surface area contributed by atoms with Gasteiger partial charge < -0.3 is 9.67 Å². The maximum absolute atomic E-state index is 9.05. The van der Waals surface area contributed by atoms with E-state index in [0.29, 0.717) is 6.04 Å². The number of aliphatic hydroxyl groups is 1.